The zero-order chi connectivity index (χ0) is 13.4. The van der Waals surface area contributed by atoms with Gasteiger partial charge in [0.15, 0.2) is 0 Å². The molecule has 1 rings (SSSR count). The maximum Gasteiger partial charge on any atom is 0.387 e. The molecule has 0 aliphatic rings. The summed E-state index contributed by atoms with van der Waals surface area (Å²) in [4.78, 5) is 0. The van der Waals surface area contributed by atoms with Crippen LogP contribution in [0.1, 0.15) is 18.0 Å². The molecular weight excluding hydrogens is 242 g/mol. The van der Waals surface area contributed by atoms with Crippen LogP contribution in [0.3, 0.4) is 0 Å². The SMILES string of the molecule is N#CC(NCCCO)c1ccccc1OC(F)F. The smallest absolute Gasteiger partial charge is 0.387 e. The Bertz CT molecular complexity index is 407. The van der Waals surface area contributed by atoms with Gasteiger partial charge in [0.1, 0.15) is 11.8 Å². The first-order valence-electron chi connectivity index (χ1n) is 5.46. The van der Waals surface area contributed by atoms with Gasteiger partial charge in [0.25, 0.3) is 0 Å². The second-order valence-corrected chi connectivity index (χ2v) is 3.51. The largest absolute Gasteiger partial charge is 0.434 e. The maximum absolute atomic E-state index is 12.2. The first-order valence-corrected chi connectivity index (χ1v) is 5.46. The third-order valence-corrected chi connectivity index (χ3v) is 2.26. The first kappa shape index (κ1) is 14.4. The van der Waals surface area contributed by atoms with Crippen molar-refractivity contribution in [3.63, 3.8) is 0 Å². The van der Waals surface area contributed by atoms with Gasteiger partial charge < -0.3 is 9.84 Å². The fourth-order valence-corrected chi connectivity index (χ4v) is 1.47. The number of benzene rings is 1. The molecule has 98 valence electrons. The summed E-state index contributed by atoms with van der Waals surface area (Å²) in [5.41, 5.74) is 0.359. The molecule has 0 aromatic heterocycles. The Morgan fingerprint density at radius 2 is 2.11 bits per heavy atom. The summed E-state index contributed by atoms with van der Waals surface area (Å²) in [5.74, 6) is -0.0180. The Hall–Kier alpha value is -1.71. The molecule has 0 aliphatic heterocycles. The zero-order valence-corrected chi connectivity index (χ0v) is 9.64. The molecule has 4 nitrogen and oxygen atoms in total. The van der Waals surface area contributed by atoms with Crippen LogP contribution in [0.5, 0.6) is 5.75 Å². The number of aliphatic hydroxyl groups is 1. The Labute approximate surface area is 104 Å². The van der Waals surface area contributed by atoms with Gasteiger partial charge in [0.2, 0.25) is 0 Å². The van der Waals surface area contributed by atoms with E-state index in [1.54, 1.807) is 18.2 Å². The molecule has 18 heavy (non-hydrogen) atoms. The number of alkyl halides is 2. The van der Waals surface area contributed by atoms with Crippen LogP contribution < -0.4 is 10.1 Å². The highest BCUT2D eigenvalue weighted by atomic mass is 19.3. The number of hydrogen-bond acceptors (Lipinski definition) is 4. The standard InChI is InChI=1S/C12H14F2N2O2/c13-12(14)18-11-5-2-1-4-9(11)10(8-15)16-6-3-7-17/h1-2,4-5,10,12,16-17H,3,6-7H2. The second-order valence-electron chi connectivity index (χ2n) is 3.51. The van der Waals surface area contributed by atoms with E-state index in [4.69, 9.17) is 10.4 Å². The number of rotatable bonds is 7. The van der Waals surface area contributed by atoms with E-state index in [1.807, 2.05) is 6.07 Å². The minimum Gasteiger partial charge on any atom is -0.434 e. The van der Waals surface area contributed by atoms with Crippen molar-refractivity contribution in [1.82, 2.24) is 5.32 Å². The van der Waals surface area contributed by atoms with Crippen LogP contribution in [0.4, 0.5) is 8.78 Å². The number of nitrogens with zero attached hydrogens (tertiary/aromatic N) is 1. The van der Waals surface area contributed by atoms with E-state index in [-0.39, 0.29) is 12.4 Å². The number of hydrogen-bond donors (Lipinski definition) is 2. The molecule has 0 saturated carbocycles. The van der Waals surface area contributed by atoms with Crippen molar-refractivity contribution in [1.29, 1.82) is 5.26 Å². The molecule has 0 fully saturated rings. The predicted octanol–water partition coefficient (Wildman–Crippen LogP) is 1.82. The molecule has 0 aliphatic carbocycles. The number of nitrogens with one attached hydrogen (secondary N) is 1. The lowest BCUT2D eigenvalue weighted by Crippen LogP contribution is -2.22. The molecule has 0 radical (unpaired) electrons. The number of aliphatic hydroxyl groups excluding tert-OH is 1. The van der Waals surface area contributed by atoms with Gasteiger partial charge in [-0.3, -0.25) is 5.32 Å². The number of halogens is 2. The van der Waals surface area contributed by atoms with Crippen LogP contribution in [0.25, 0.3) is 0 Å². The van der Waals surface area contributed by atoms with E-state index in [0.717, 1.165) is 0 Å². The summed E-state index contributed by atoms with van der Waals surface area (Å²) in [6, 6.07) is 7.37. The molecule has 0 amide bonds. The predicted molar refractivity (Wildman–Crippen MR) is 61.1 cm³/mol. The lowest BCUT2D eigenvalue weighted by atomic mass is 10.1. The van der Waals surface area contributed by atoms with E-state index < -0.39 is 12.7 Å². The molecule has 1 atom stereocenters. The van der Waals surface area contributed by atoms with Gasteiger partial charge in [-0.15, -0.1) is 0 Å². The lowest BCUT2D eigenvalue weighted by Gasteiger charge is -2.15. The monoisotopic (exact) mass is 256 g/mol. The Kier molecular flexibility index (Phi) is 6.05. The maximum atomic E-state index is 12.2. The number of para-hydroxylation sites is 1. The van der Waals surface area contributed by atoms with Gasteiger partial charge in [-0.25, -0.2) is 0 Å². The van der Waals surface area contributed by atoms with Gasteiger partial charge >= 0.3 is 6.61 Å². The molecular formula is C12H14F2N2O2. The van der Waals surface area contributed by atoms with Gasteiger partial charge in [-0.1, -0.05) is 18.2 Å². The van der Waals surface area contributed by atoms with E-state index in [9.17, 15) is 8.78 Å². The van der Waals surface area contributed by atoms with Crippen molar-refractivity contribution < 1.29 is 18.6 Å². The summed E-state index contributed by atoms with van der Waals surface area (Å²) in [6.45, 7) is -2.51. The van der Waals surface area contributed by atoms with Crippen LogP contribution >= 0.6 is 0 Å². The van der Waals surface area contributed by atoms with Gasteiger partial charge in [0, 0.05) is 12.2 Å². The molecule has 6 heteroatoms. The Morgan fingerprint density at radius 3 is 2.72 bits per heavy atom. The highest BCUT2D eigenvalue weighted by Gasteiger charge is 2.16. The third kappa shape index (κ3) is 4.28. The third-order valence-electron chi connectivity index (χ3n) is 2.26. The van der Waals surface area contributed by atoms with Gasteiger partial charge in [0.05, 0.1) is 6.07 Å². The number of ether oxygens (including phenoxy) is 1. The number of nitriles is 1. The fraction of sp³-hybridized carbons (Fsp3) is 0.417. The van der Waals surface area contributed by atoms with Crippen LogP contribution in [-0.2, 0) is 0 Å². The minimum atomic E-state index is -2.93. The van der Waals surface area contributed by atoms with Crippen molar-refractivity contribution in [2.24, 2.45) is 0 Å². The molecule has 1 aromatic carbocycles. The van der Waals surface area contributed by atoms with Gasteiger partial charge in [-0.05, 0) is 19.0 Å². The molecule has 1 aromatic rings. The van der Waals surface area contributed by atoms with Crippen molar-refractivity contribution in [3.8, 4) is 11.8 Å². The Balaban J connectivity index is 2.81. The van der Waals surface area contributed by atoms with E-state index in [1.165, 1.54) is 6.07 Å². The van der Waals surface area contributed by atoms with Crippen LogP contribution in [0.2, 0.25) is 0 Å². The molecule has 1 unspecified atom stereocenters. The quantitative estimate of drug-likeness (QED) is 0.730. The summed E-state index contributed by atoms with van der Waals surface area (Å²) >= 11 is 0. The van der Waals surface area contributed by atoms with E-state index >= 15 is 0 Å². The first-order chi connectivity index (χ1) is 8.69. The summed E-state index contributed by atoms with van der Waals surface area (Å²) in [5, 5.41) is 20.5. The average Bonchev–Trinajstić information content (AvgIpc) is 2.35. The normalized spacial score (nSPS) is 12.2. The highest BCUT2D eigenvalue weighted by molar-refractivity contribution is 5.38. The van der Waals surface area contributed by atoms with Crippen LogP contribution in [0, 0.1) is 11.3 Å². The molecule has 0 heterocycles. The summed E-state index contributed by atoms with van der Waals surface area (Å²) < 4.78 is 28.8. The minimum absolute atomic E-state index is 0.000327. The molecule has 0 saturated heterocycles. The summed E-state index contributed by atoms with van der Waals surface area (Å²) in [7, 11) is 0. The van der Waals surface area contributed by atoms with Gasteiger partial charge in [-0.2, -0.15) is 14.0 Å². The average molecular weight is 256 g/mol. The van der Waals surface area contributed by atoms with Crippen molar-refractivity contribution in [2.45, 2.75) is 19.1 Å². The Morgan fingerprint density at radius 1 is 1.39 bits per heavy atom. The fourth-order valence-electron chi connectivity index (χ4n) is 1.47. The zero-order valence-electron chi connectivity index (χ0n) is 9.64. The van der Waals surface area contributed by atoms with Crippen molar-refractivity contribution >= 4 is 0 Å². The highest BCUT2D eigenvalue weighted by Crippen LogP contribution is 2.26. The van der Waals surface area contributed by atoms with E-state index in [0.29, 0.717) is 18.5 Å². The molecule has 0 spiro atoms. The van der Waals surface area contributed by atoms with Crippen LogP contribution in [-0.4, -0.2) is 24.9 Å². The topological polar surface area (TPSA) is 65.3 Å². The van der Waals surface area contributed by atoms with Crippen LogP contribution in [0.15, 0.2) is 24.3 Å². The van der Waals surface area contributed by atoms with Crippen molar-refractivity contribution in [3.05, 3.63) is 29.8 Å². The summed E-state index contributed by atoms with van der Waals surface area (Å²) in [6.07, 6.45) is 0.482. The molecule has 0 bridgehead atoms. The lowest BCUT2D eigenvalue weighted by molar-refractivity contribution is -0.0505. The van der Waals surface area contributed by atoms with Crippen molar-refractivity contribution in [2.75, 3.05) is 13.2 Å². The molecule has 2 N–H and O–H groups in total. The van der Waals surface area contributed by atoms with E-state index in [2.05, 4.69) is 10.1 Å². The second kappa shape index (κ2) is 7.58.